The minimum absolute atomic E-state index is 0. The third-order valence-electron chi connectivity index (χ3n) is 2.20. The van der Waals surface area contributed by atoms with Crippen molar-refractivity contribution in [1.29, 1.82) is 0 Å². The Hall–Kier alpha value is -1.72. The number of esters is 2. The molecular formula is C16H22CdO8. The number of aliphatic carboxylic acids is 2. The van der Waals surface area contributed by atoms with Crippen LogP contribution in [0.3, 0.4) is 0 Å². The zero-order valence-electron chi connectivity index (χ0n) is 14.5. The summed E-state index contributed by atoms with van der Waals surface area (Å²) in [7, 11) is 0. The summed E-state index contributed by atoms with van der Waals surface area (Å²) in [4.78, 5) is 40.9. The number of hydrogen-bond acceptors (Lipinski definition) is 8. The van der Waals surface area contributed by atoms with Crippen LogP contribution in [0.4, 0.5) is 0 Å². The van der Waals surface area contributed by atoms with Crippen LogP contribution in [0.2, 0.25) is 0 Å². The fourth-order valence-electron chi connectivity index (χ4n) is 1.00. The number of carboxylic acid groups (broad SMARTS) is 2. The summed E-state index contributed by atoms with van der Waals surface area (Å²) >= 11 is 0. The second-order valence-corrected chi connectivity index (χ2v) is 4.35. The number of carbonyl (C=O) groups is 4. The number of ether oxygens (including phenoxy) is 2. The molecule has 8 nitrogen and oxygen atoms in total. The summed E-state index contributed by atoms with van der Waals surface area (Å²) in [6, 6.07) is 0. The molecule has 0 saturated carbocycles. The van der Waals surface area contributed by atoms with Gasteiger partial charge in [-0.2, -0.15) is 0 Å². The van der Waals surface area contributed by atoms with E-state index in [1.54, 1.807) is 0 Å². The molecule has 136 valence electrons. The Morgan fingerprint density at radius 1 is 0.720 bits per heavy atom. The van der Waals surface area contributed by atoms with Crippen LogP contribution in [-0.4, -0.2) is 37.1 Å². The van der Waals surface area contributed by atoms with Gasteiger partial charge >= 0.3 is 39.2 Å². The largest absolute Gasteiger partial charge is 2.00 e. The van der Waals surface area contributed by atoms with Crippen molar-refractivity contribution in [2.24, 2.45) is 0 Å². The fourth-order valence-corrected chi connectivity index (χ4v) is 1.00. The van der Waals surface area contributed by atoms with E-state index in [9.17, 15) is 29.4 Å². The van der Waals surface area contributed by atoms with Crippen LogP contribution < -0.4 is 10.2 Å². The average molecular weight is 455 g/mol. The molecule has 25 heavy (non-hydrogen) atoms. The third kappa shape index (κ3) is 27.4. The summed E-state index contributed by atoms with van der Waals surface area (Å²) in [6.07, 6.45) is 6.39. The number of carboxylic acids is 2. The molecular weight excluding hydrogens is 433 g/mol. The maximum atomic E-state index is 10.6. The van der Waals surface area contributed by atoms with Crippen LogP contribution >= 0.6 is 0 Å². The minimum Gasteiger partial charge on any atom is -0.545 e. The van der Waals surface area contributed by atoms with E-state index in [-0.39, 0.29) is 27.3 Å². The quantitative estimate of drug-likeness (QED) is 0.182. The first kappa shape index (κ1) is 28.1. The van der Waals surface area contributed by atoms with Gasteiger partial charge in [0, 0.05) is 12.2 Å². The number of unbranched alkanes of at least 4 members (excludes halogenated alkanes) is 2. The Balaban J connectivity index is -0.000000372. The normalized spacial score (nSPS) is 9.68. The molecule has 0 N–H and O–H groups in total. The second-order valence-electron chi connectivity index (χ2n) is 4.35. The molecule has 0 bridgehead atoms. The van der Waals surface area contributed by atoms with E-state index < -0.39 is 23.9 Å². The molecule has 0 aliphatic heterocycles. The first-order valence-corrected chi connectivity index (χ1v) is 7.45. The molecule has 0 amide bonds. The smallest absolute Gasteiger partial charge is 0.545 e. The van der Waals surface area contributed by atoms with Crippen LogP contribution in [0.25, 0.3) is 0 Å². The van der Waals surface area contributed by atoms with Crippen molar-refractivity contribution < 1.29 is 66.2 Å². The molecule has 0 aliphatic carbocycles. The molecule has 0 saturated heterocycles. The number of hydrogen-bond donors (Lipinski definition) is 0. The van der Waals surface area contributed by atoms with Crippen molar-refractivity contribution >= 4 is 23.9 Å². The van der Waals surface area contributed by atoms with E-state index in [2.05, 4.69) is 9.47 Å². The van der Waals surface area contributed by atoms with Crippen molar-refractivity contribution in [3.8, 4) is 0 Å². The van der Waals surface area contributed by atoms with E-state index in [0.29, 0.717) is 25.4 Å². The summed E-state index contributed by atoms with van der Waals surface area (Å²) in [5.74, 6) is -4.09. The van der Waals surface area contributed by atoms with E-state index in [0.717, 1.165) is 37.8 Å². The fraction of sp³-hybridized carbons (Fsp3) is 0.500. The Morgan fingerprint density at radius 3 is 1.28 bits per heavy atom. The van der Waals surface area contributed by atoms with Gasteiger partial charge < -0.3 is 29.3 Å². The van der Waals surface area contributed by atoms with Crippen LogP contribution in [0, 0.1) is 0 Å². The first-order valence-electron chi connectivity index (χ1n) is 7.45. The van der Waals surface area contributed by atoms with Crippen LogP contribution in [0.15, 0.2) is 24.3 Å². The predicted molar refractivity (Wildman–Crippen MR) is 80.0 cm³/mol. The van der Waals surface area contributed by atoms with E-state index in [1.165, 1.54) is 0 Å². The Labute approximate surface area is 167 Å². The van der Waals surface area contributed by atoms with Crippen LogP contribution in [0.5, 0.6) is 0 Å². The summed E-state index contributed by atoms with van der Waals surface area (Å²) in [5.41, 5.74) is 0. The minimum atomic E-state index is -1.40. The molecule has 0 fully saturated rings. The van der Waals surface area contributed by atoms with Gasteiger partial charge in [-0.3, -0.25) is 0 Å². The molecule has 0 spiro atoms. The second kappa shape index (κ2) is 20.3. The van der Waals surface area contributed by atoms with Crippen molar-refractivity contribution in [3.63, 3.8) is 0 Å². The summed E-state index contributed by atoms with van der Waals surface area (Å²) in [6.45, 7) is 4.58. The van der Waals surface area contributed by atoms with Gasteiger partial charge in [-0.05, 0) is 25.0 Å². The van der Waals surface area contributed by atoms with E-state index >= 15 is 0 Å². The molecule has 0 unspecified atom stereocenters. The molecule has 0 aromatic heterocycles. The van der Waals surface area contributed by atoms with Crippen LogP contribution in [-0.2, 0) is 56.0 Å². The van der Waals surface area contributed by atoms with Crippen molar-refractivity contribution in [3.05, 3.63) is 24.3 Å². The SMILES string of the molecule is CCCCOC(=O)C=CC(=O)[O-].CCCCOC(=O)C=CC(=O)[O-].[Cd+2]. The molecule has 0 aromatic rings. The van der Waals surface area contributed by atoms with Crippen molar-refractivity contribution in [2.75, 3.05) is 13.2 Å². The molecule has 0 aromatic carbocycles. The first-order chi connectivity index (χ1) is 11.3. The average Bonchev–Trinajstić information content (AvgIpc) is 2.52. The Morgan fingerprint density at radius 2 is 1.04 bits per heavy atom. The van der Waals surface area contributed by atoms with Crippen molar-refractivity contribution in [2.45, 2.75) is 39.5 Å². The number of carbonyl (C=O) groups excluding carboxylic acids is 4. The predicted octanol–water partition coefficient (Wildman–Crippen LogP) is -0.731. The maximum Gasteiger partial charge on any atom is 2.00 e. The van der Waals surface area contributed by atoms with Gasteiger partial charge in [-0.15, -0.1) is 0 Å². The standard InChI is InChI=1S/2C8H12O4.Cd/c2*1-2-3-6-12-8(11)5-4-7(9)10;/h2*4-5H,2-3,6H2,1H3,(H,9,10);/q;;+2/p-2. The zero-order valence-corrected chi connectivity index (χ0v) is 18.6. The van der Waals surface area contributed by atoms with Gasteiger partial charge in [0.15, 0.2) is 0 Å². The van der Waals surface area contributed by atoms with E-state index in [1.807, 2.05) is 13.8 Å². The van der Waals surface area contributed by atoms with Crippen molar-refractivity contribution in [1.82, 2.24) is 0 Å². The Bertz CT molecular complexity index is 415. The van der Waals surface area contributed by atoms with Gasteiger partial charge in [-0.1, -0.05) is 26.7 Å². The third-order valence-corrected chi connectivity index (χ3v) is 2.20. The monoisotopic (exact) mass is 456 g/mol. The molecule has 0 atom stereocenters. The number of rotatable bonds is 10. The van der Waals surface area contributed by atoms with Gasteiger partial charge in [0.2, 0.25) is 0 Å². The van der Waals surface area contributed by atoms with Crippen LogP contribution in [0.1, 0.15) is 39.5 Å². The molecule has 0 aliphatic rings. The Kier molecular flexibility index (Phi) is 22.8. The molecule has 9 heteroatoms. The molecule has 0 rings (SSSR count). The van der Waals surface area contributed by atoms with Gasteiger partial charge in [-0.25, -0.2) is 9.59 Å². The van der Waals surface area contributed by atoms with Gasteiger partial charge in [0.25, 0.3) is 0 Å². The maximum absolute atomic E-state index is 10.6. The zero-order chi connectivity index (χ0) is 18.8. The van der Waals surface area contributed by atoms with E-state index in [4.69, 9.17) is 0 Å². The van der Waals surface area contributed by atoms with Gasteiger partial charge in [0.05, 0.1) is 25.2 Å². The van der Waals surface area contributed by atoms with Gasteiger partial charge in [0.1, 0.15) is 0 Å². The molecule has 0 heterocycles. The summed E-state index contributed by atoms with van der Waals surface area (Å²) < 4.78 is 9.23. The summed E-state index contributed by atoms with van der Waals surface area (Å²) in [5, 5.41) is 19.7. The molecule has 0 radical (unpaired) electrons. The topological polar surface area (TPSA) is 133 Å².